The van der Waals surface area contributed by atoms with Gasteiger partial charge in [0.15, 0.2) is 0 Å². The number of furan rings is 1. The minimum Gasteiger partial charge on any atom is -0.460 e. The predicted octanol–water partition coefficient (Wildman–Crippen LogP) is 3.98. The molecule has 1 N–H and O–H groups in total. The number of hydrogen-bond acceptors (Lipinski definition) is 4. The largest absolute Gasteiger partial charge is 0.460 e. The van der Waals surface area contributed by atoms with Gasteiger partial charge in [-0.05, 0) is 69.1 Å². The first-order valence-electron chi connectivity index (χ1n) is 8.75. The molecule has 136 valence electrons. The molecule has 5 nitrogen and oxygen atoms in total. The topological polar surface area (TPSA) is 69.3 Å². The lowest BCUT2D eigenvalue weighted by Crippen LogP contribution is -2.48. The van der Waals surface area contributed by atoms with Gasteiger partial charge in [-0.3, -0.25) is 9.69 Å². The number of hydrogen-bond donors (Lipinski definition) is 1. The van der Waals surface area contributed by atoms with E-state index in [4.69, 9.17) is 16.0 Å². The van der Waals surface area contributed by atoms with Gasteiger partial charge in [-0.25, -0.2) is 0 Å². The zero-order valence-corrected chi connectivity index (χ0v) is 15.6. The highest BCUT2D eigenvalue weighted by atomic mass is 35.5. The molecule has 26 heavy (non-hydrogen) atoms. The Kier molecular flexibility index (Phi) is 5.65. The van der Waals surface area contributed by atoms with Crippen LogP contribution in [0.2, 0.25) is 5.02 Å². The van der Waals surface area contributed by atoms with Crippen molar-refractivity contribution in [2.75, 3.05) is 13.6 Å². The van der Waals surface area contributed by atoms with Gasteiger partial charge in [-0.15, -0.1) is 0 Å². The molecule has 2 aromatic rings. The number of nitriles is 1. The summed E-state index contributed by atoms with van der Waals surface area (Å²) in [6.07, 6.45) is 3.45. The lowest BCUT2D eigenvalue weighted by molar-refractivity contribution is -0.123. The van der Waals surface area contributed by atoms with E-state index in [1.165, 1.54) is 0 Å². The third kappa shape index (κ3) is 4.46. The molecule has 1 saturated carbocycles. The number of nitrogens with zero attached hydrogens (tertiary/aromatic N) is 2. The fourth-order valence-electron chi connectivity index (χ4n) is 3.35. The molecule has 1 aliphatic rings. The van der Waals surface area contributed by atoms with Gasteiger partial charge in [0.2, 0.25) is 5.91 Å². The van der Waals surface area contributed by atoms with E-state index in [1.54, 1.807) is 0 Å². The molecule has 0 unspecified atom stereocenters. The Morgan fingerprint density at radius 3 is 2.62 bits per heavy atom. The van der Waals surface area contributed by atoms with Gasteiger partial charge >= 0.3 is 0 Å². The number of halogens is 1. The molecule has 0 bridgehead atoms. The molecule has 1 heterocycles. The Bertz CT molecular complexity index is 801. The van der Waals surface area contributed by atoms with Gasteiger partial charge in [0.1, 0.15) is 17.1 Å². The second-order valence-electron chi connectivity index (χ2n) is 6.89. The van der Waals surface area contributed by atoms with E-state index in [1.807, 2.05) is 48.3 Å². The zero-order chi connectivity index (χ0) is 18.6. The van der Waals surface area contributed by atoms with Crippen molar-refractivity contribution in [1.82, 2.24) is 10.2 Å². The highest BCUT2D eigenvalue weighted by Gasteiger charge is 2.35. The normalized spacial score (nSPS) is 15.8. The summed E-state index contributed by atoms with van der Waals surface area (Å²) in [5, 5.41) is 13.0. The van der Waals surface area contributed by atoms with Crippen LogP contribution in [0.5, 0.6) is 0 Å². The first kappa shape index (κ1) is 18.5. The molecule has 0 atom stereocenters. The number of benzene rings is 1. The van der Waals surface area contributed by atoms with Crippen LogP contribution in [0.25, 0.3) is 11.3 Å². The molecule has 1 aromatic carbocycles. The Hall–Kier alpha value is -2.29. The highest BCUT2D eigenvalue weighted by Crippen LogP contribution is 2.29. The van der Waals surface area contributed by atoms with Crippen LogP contribution in [0.4, 0.5) is 0 Å². The number of rotatable bonds is 6. The van der Waals surface area contributed by atoms with Crippen molar-refractivity contribution < 1.29 is 9.21 Å². The lowest BCUT2D eigenvalue weighted by Gasteiger charge is -2.23. The molecule has 0 radical (unpaired) electrons. The maximum atomic E-state index is 12.3. The minimum absolute atomic E-state index is 0.125. The average Bonchev–Trinajstić information content (AvgIpc) is 3.25. The summed E-state index contributed by atoms with van der Waals surface area (Å²) >= 11 is 5.91. The van der Waals surface area contributed by atoms with Gasteiger partial charge < -0.3 is 9.73 Å². The van der Waals surface area contributed by atoms with Crippen LogP contribution in [0, 0.1) is 11.3 Å². The average molecular weight is 372 g/mol. The first-order valence-corrected chi connectivity index (χ1v) is 9.13. The van der Waals surface area contributed by atoms with E-state index in [9.17, 15) is 10.1 Å². The molecule has 0 aliphatic heterocycles. The van der Waals surface area contributed by atoms with Crippen LogP contribution >= 0.6 is 11.6 Å². The maximum absolute atomic E-state index is 12.3. The Balaban J connectivity index is 1.55. The highest BCUT2D eigenvalue weighted by molar-refractivity contribution is 6.30. The number of carbonyl (C=O) groups is 1. The molecular formula is C20H22ClN3O2. The maximum Gasteiger partial charge on any atom is 0.235 e. The van der Waals surface area contributed by atoms with Crippen molar-refractivity contribution in [2.45, 2.75) is 37.8 Å². The summed E-state index contributed by atoms with van der Waals surface area (Å²) in [5.74, 6) is 1.42. The molecule has 6 heteroatoms. The Morgan fingerprint density at radius 2 is 1.96 bits per heavy atom. The van der Waals surface area contributed by atoms with Crippen molar-refractivity contribution in [3.63, 3.8) is 0 Å². The quantitative estimate of drug-likeness (QED) is 0.833. The summed E-state index contributed by atoms with van der Waals surface area (Å²) in [4.78, 5) is 14.2. The third-order valence-electron chi connectivity index (χ3n) is 4.68. The number of likely N-dealkylation sites (N-methyl/N-ethyl adjacent to an activating group) is 1. The van der Waals surface area contributed by atoms with E-state index in [0.29, 0.717) is 11.6 Å². The summed E-state index contributed by atoms with van der Waals surface area (Å²) in [7, 11) is 1.86. The lowest BCUT2D eigenvalue weighted by atomic mass is 10.00. The van der Waals surface area contributed by atoms with Gasteiger partial charge in [0.25, 0.3) is 0 Å². The minimum atomic E-state index is -0.676. The van der Waals surface area contributed by atoms with E-state index < -0.39 is 5.54 Å². The van der Waals surface area contributed by atoms with Gasteiger partial charge in [-0.2, -0.15) is 5.26 Å². The number of nitrogens with one attached hydrogen (secondary N) is 1. The number of amides is 1. The van der Waals surface area contributed by atoms with Crippen molar-refractivity contribution in [2.24, 2.45) is 0 Å². The molecule has 1 aliphatic carbocycles. The van der Waals surface area contributed by atoms with E-state index in [-0.39, 0.29) is 12.5 Å². The summed E-state index contributed by atoms with van der Waals surface area (Å²) in [5.41, 5.74) is 0.280. The van der Waals surface area contributed by atoms with Crippen molar-refractivity contribution in [3.8, 4) is 17.4 Å². The fourth-order valence-corrected chi connectivity index (χ4v) is 3.47. The predicted molar refractivity (Wildman–Crippen MR) is 100 cm³/mol. The third-order valence-corrected chi connectivity index (χ3v) is 4.93. The van der Waals surface area contributed by atoms with E-state index in [2.05, 4.69) is 11.4 Å². The number of carbonyl (C=O) groups excluding carboxylic acids is 1. The molecule has 1 amide bonds. The molecule has 0 spiro atoms. The van der Waals surface area contributed by atoms with Crippen molar-refractivity contribution in [1.29, 1.82) is 5.26 Å². The summed E-state index contributed by atoms with van der Waals surface area (Å²) in [6, 6.07) is 13.6. The Labute approximate surface area is 158 Å². The van der Waals surface area contributed by atoms with E-state index in [0.717, 1.165) is 42.8 Å². The fraction of sp³-hybridized carbons (Fsp3) is 0.400. The molecule has 3 rings (SSSR count). The smallest absolute Gasteiger partial charge is 0.235 e. The monoisotopic (exact) mass is 371 g/mol. The molecule has 0 saturated heterocycles. The molecule has 1 aromatic heterocycles. The molecule has 1 fully saturated rings. The summed E-state index contributed by atoms with van der Waals surface area (Å²) in [6.45, 7) is 0.737. The summed E-state index contributed by atoms with van der Waals surface area (Å²) < 4.78 is 5.87. The van der Waals surface area contributed by atoms with Gasteiger partial charge in [0.05, 0.1) is 19.2 Å². The standard InChI is InChI=1S/C20H22ClN3O2/c1-24(13-19(25)23-20(14-22)10-2-3-11-20)12-17-8-9-18(26-17)15-4-6-16(21)7-5-15/h4-9H,2-3,10-13H2,1H3,(H,23,25). The first-order chi connectivity index (χ1) is 12.5. The van der Waals surface area contributed by atoms with Crippen LogP contribution in [0.3, 0.4) is 0 Å². The molecular weight excluding hydrogens is 350 g/mol. The van der Waals surface area contributed by atoms with Crippen molar-refractivity contribution in [3.05, 3.63) is 47.2 Å². The van der Waals surface area contributed by atoms with Crippen LogP contribution < -0.4 is 5.32 Å². The van der Waals surface area contributed by atoms with Crippen LogP contribution in [0.1, 0.15) is 31.4 Å². The van der Waals surface area contributed by atoms with Gasteiger partial charge in [-0.1, -0.05) is 11.6 Å². The Morgan fingerprint density at radius 1 is 1.27 bits per heavy atom. The van der Waals surface area contributed by atoms with Crippen molar-refractivity contribution >= 4 is 17.5 Å². The van der Waals surface area contributed by atoms with Crippen LogP contribution in [0.15, 0.2) is 40.8 Å². The second-order valence-corrected chi connectivity index (χ2v) is 7.33. The zero-order valence-electron chi connectivity index (χ0n) is 14.8. The van der Waals surface area contributed by atoms with E-state index >= 15 is 0 Å². The van der Waals surface area contributed by atoms with Crippen LogP contribution in [-0.2, 0) is 11.3 Å². The van der Waals surface area contributed by atoms with Gasteiger partial charge in [0, 0.05) is 10.6 Å². The second kappa shape index (κ2) is 7.94. The van der Waals surface area contributed by atoms with Crippen LogP contribution in [-0.4, -0.2) is 29.9 Å². The SMILES string of the molecule is CN(CC(=O)NC1(C#N)CCCC1)Cc1ccc(-c2ccc(Cl)cc2)o1.